The standard InChI is InChI=1S/C15H26N2O/c1-4-9-16-14(8-10-17(2)3)11-13-6-5-7-15(18)12-13/h5-7,12,14,16,18H,4,8-11H2,1-3H3. The van der Waals surface area contributed by atoms with Crippen LogP contribution in [0.1, 0.15) is 25.3 Å². The molecule has 1 aromatic carbocycles. The first-order valence-corrected chi connectivity index (χ1v) is 6.78. The summed E-state index contributed by atoms with van der Waals surface area (Å²) in [4.78, 5) is 2.21. The van der Waals surface area contributed by atoms with E-state index in [0.29, 0.717) is 11.8 Å². The highest BCUT2D eigenvalue weighted by Crippen LogP contribution is 2.13. The van der Waals surface area contributed by atoms with Crippen molar-refractivity contribution in [3.05, 3.63) is 29.8 Å². The summed E-state index contributed by atoms with van der Waals surface area (Å²) in [6.45, 7) is 4.32. The maximum Gasteiger partial charge on any atom is 0.115 e. The number of nitrogens with one attached hydrogen (secondary N) is 1. The first-order chi connectivity index (χ1) is 8.61. The molecule has 0 saturated carbocycles. The fourth-order valence-corrected chi connectivity index (χ4v) is 2.01. The Morgan fingerprint density at radius 3 is 2.72 bits per heavy atom. The van der Waals surface area contributed by atoms with Crippen molar-refractivity contribution in [3.8, 4) is 5.75 Å². The molecule has 2 N–H and O–H groups in total. The minimum Gasteiger partial charge on any atom is -0.508 e. The second kappa shape index (κ2) is 8.11. The van der Waals surface area contributed by atoms with Gasteiger partial charge in [0.2, 0.25) is 0 Å². The van der Waals surface area contributed by atoms with E-state index in [1.165, 1.54) is 5.56 Å². The van der Waals surface area contributed by atoms with Crippen LogP contribution in [0.4, 0.5) is 0 Å². The zero-order valence-electron chi connectivity index (χ0n) is 11.8. The van der Waals surface area contributed by atoms with E-state index in [2.05, 4.69) is 37.3 Å². The summed E-state index contributed by atoms with van der Waals surface area (Å²) in [7, 11) is 4.20. The first kappa shape index (κ1) is 15.0. The van der Waals surface area contributed by atoms with Crippen molar-refractivity contribution in [1.29, 1.82) is 0 Å². The topological polar surface area (TPSA) is 35.5 Å². The van der Waals surface area contributed by atoms with Crippen LogP contribution in [0, 0.1) is 0 Å². The van der Waals surface area contributed by atoms with E-state index in [9.17, 15) is 5.11 Å². The van der Waals surface area contributed by atoms with Crippen LogP contribution in [0.2, 0.25) is 0 Å². The van der Waals surface area contributed by atoms with Gasteiger partial charge in [0.05, 0.1) is 0 Å². The highest BCUT2D eigenvalue weighted by molar-refractivity contribution is 5.27. The maximum absolute atomic E-state index is 9.49. The summed E-state index contributed by atoms with van der Waals surface area (Å²) >= 11 is 0. The van der Waals surface area contributed by atoms with E-state index in [-0.39, 0.29) is 0 Å². The molecule has 3 nitrogen and oxygen atoms in total. The van der Waals surface area contributed by atoms with Gasteiger partial charge < -0.3 is 15.3 Å². The van der Waals surface area contributed by atoms with E-state index in [0.717, 1.165) is 32.4 Å². The summed E-state index contributed by atoms with van der Waals surface area (Å²) in [5.74, 6) is 0.356. The predicted octanol–water partition coefficient (Wildman–Crippen LogP) is 2.25. The molecule has 0 spiro atoms. The van der Waals surface area contributed by atoms with Crippen molar-refractivity contribution < 1.29 is 5.11 Å². The normalized spacial score (nSPS) is 12.9. The molecule has 0 aromatic heterocycles. The lowest BCUT2D eigenvalue weighted by atomic mass is 10.0. The first-order valence-electron chi connectivity index (χ1n) is 6.78. The number of aromatic hydroxyl groups is 1. The van der Waals surface area contributed by atoms with Gasteiger partial charge >= 0.3 is 0 Å². The fraction of sp³-hybridized carbons (Fsp3) is 0.600. The summed E-state index contributed by atoms with van der Waals surface area (Å²) in [5, 5.41) is 13.1. The van der Waals surface area contributed by atoms with Gasteiger partial charge in [-0.15, -0.1) is 0 Å². The molecule has 0 aliphatic heterocycles. The van der Waals surface area contributed by atoms with Crippen molar-refractivity contribution in [1.82, 2.24) is 10.2 Å². The minimum atomic E-state index is 0.356. The number of hydrogen-bond acceptors (Lipinski definition) is 3. The van der Waals surface area contributed by atoms with Crippen molar-refractivity contribution in [3.63, 3.8) is 0 Å². The highest BCUT2D eigenvalue weighted by Gasteiger charge is 2.09. The Bertz CT molecular complexity index is 339. The largest absolute Gasteiger partial charge is 0.508 e. The monoisotopic (exact) mass is 250 g/mol. The SMILES string of the molecule is CCCNC(CCN(C)C)Cc1cccc(O)c1. The van der Waals surface area contributed by atoms with Crippen molar-refractivity contribution in [2.75, 3.05) is 27.2 Å². The van der Waals surface area contributed by atoms with Gasteiger partial charge in [-0.05, 0) is 64.1 Å². The quantitative estimate of drug-likeness (QED) is 0.743. The molecular weight excluding hydrogens is 224 g/mol. The van der Waals surface area contributed by atoms with E-state index >= 15 is 0 Å². The average molecular weight is 250 g/mol. The van der Waals surface area contributed by atoms with Gasteiger partial charge in [0.25, 0.3) is 0 Å². The number of hydrogen-bond donors (Lipinski definition) is 2. The van der Waals surface area contributed by atoms with Gasteiger partial charge in [-0.1, -0.05) is 19.1 Å². The molecule has 0 heterocycles. The molecule has 1 atom stereocenters. The Balaban J connectivity index is 2.53. The summed E-state index contributed by atoms with van der Waals surface area (Å²) in [6, 6.07) is 8.05. The third kappa shape index (κ3) is 6.03. The molecule has 0 amide bonds. The van der Waals surface area contributed by atoms with Gasteiger partial charge in [0, 0.05) is 6.04 Å². The van der Waals surface area contributed by atoms with Crippen LogP contribution < -0.4 is 5.32 Å². The number of benzene rings is 1. The van der Waals surface area contributed by atoms with E-state index in [1.807, 2.05) is 12.1 Å². The van der Waals surface area contributed by atoms with Crippen LogP contribution in [0.25, 0.3) is 0 Å². The number of nitrogens with zero attached hydrogens (tertiary/aromatic N) is 1. The van der Waals surface area contributed by atoms with Gasteiger partial charge in [-0.25, -0.2) is 0 Å². The highest BCUT2D eigenvalue weighted by atomic mass is 16.3. The summed E-state index contributed by atoms with van der Waals surface area (Å²) in [5.41, 5.74) is 1.20. The summed E-state index contributed by atoms with van der Waals surface area (Å²) < 4.78 is 0. The smallest absolute Gasteiger partial charge is 0.115 e. The number of rotatable bonds is 8. The van der Waals surface area contributed by atoms with Gasteiger partial charge in [0.1, 0.15) is 5.75 Å². The molecule has 1 rings (SSSR count). The van der Waals surface area contributed by atoms with Crippen LogP contribution in [-0.4, -0.2) is 43.2 Å². The average Bonchev–Trinajstić information content (AvgIpc) is 2.32. The maximum atomic E-state index is 9.49. The van der Waals surface area contributed by atoms with E-state index < -0.39 is 0 Å². The van der Waals surface area contributed by atoms with Crippen molar-refractivity contribution >= 4 is 0 Å². The van der Waals surface area contributed by atoms with Gasteiger partial charge in [0.15, 0.2) is 0 Å². The molecule has 0 radical (unpaired) electrons. The summed E-state index contributed by atoms with van der Waals surface area (Å²) in [6.07, 6.45) is 3.25. The second-order valence-electron chi connectivity index (χ2n) is 5.12. The molecule has 0 fully saturated rings. The van der Waals surface area contributed by atoms with Crippen LogP contribution in [0.5, 0.6) is 5.75 Å². The Hall–Kier alpha value is -1.06. The Morgan fingerprint density at radius 2 is 2.11 bits per heavy atom. The van der Waals surface area contributed by atoms with Crippen LogP contribution in [0.15, 0.2) is 24.3 Å². The molecule has 0 saturated heterocycles. The molecule has 102 valence electrons. The second-order valence-corrected chi connectivity index (χ2v) is 5.12. The van der Waals surface area contributed by atoms with E-state index in [1.54, 1.807) is 6.07 Å². The van der Waals surface area contributed by atoms with Gasteiger partial charge in [-0.2, -0.15) is 0 Å². The van der Waals surface area contributed by atoms with Gasteiger partial charge in [-0.3, -0.25) is 0 Å². The Kier molecular flexibility index (Phi) is 6.76. The lowest BCUT2D eigenvalue weighted by molar-refractivity contribution is 0.356. The third-order valence-electron chi connectivity index (χ3n) is 3.00. The molecule has 0 aliphatic rings. The molecule has 0 bridgehead atoms. The predicted molar refractivity (Wildman–Crippen MR) is 77.1 cm³/mol. The molecule has 1 aromatic rings. The molecular formula is C15H26N2O. The molecule has 1 unspecified atom stereocenters. The third-order valence-corrected chi connectivity index (χ3v) is 3.00. The Morgan fingerprint density at radius 1 is 1.33 bits per heavy atom. The molecule has 18 heavy (non-hydrogen) atoms. The van der Waals surface area contributed by atoms with Crippen LogP contribution in [0.3, 0.4) is 0 Å². The van der Waals surface area contributed by atoms with Crippen LogP contribution in [-0.2, 0) is 6.42 Å². The molecule has 0 aliphatic carbocycles. The molecule has 3 heteroatoms. The lowest BCUT2D eigenvalue weighted by Gasteiger charge is -2.20. The number of phenolic OH excluding ortho intramolecular Hbond substituents is 1. The van der Waals surface area contributed by atoms with Crippen LogP contribution >= 0.6 is 0 Å². The lowest BCUT2D eigenvalue weighted by Crippen LogP contribution is -2.34. The minimum absolute atomic E-state index is 0.356. The Labute approximate surface area is 111 Å². The zero-order chi connectivity index (χ0) is 13.4. The fourth-order valence-electron chi connectivity index (χ4n) is 2.01. The van der Waals surface area contributed by atoms with E-state index in [4.69, 9.17) is 0 Å². The zero-order valence-corrected chi connectivity index (χ0v) is 11.8. The number of phenols is 1. The van der Waals surface area contributed by atoms with Crippen molar-refractivity contribution in [2.45, 2.75) is 32.2 Å². The van der Waals surface area contributed by atoms with Crippen molar-refractivity contribution in [2.24, 2.45) is 0 Å².